The number of nitrogens with one attached hydrogen (secondary N) is 1. The van der Waals surface area contributed by atoms with E-state index < -0.39 is 6.04 Å². The second-order valence-corrected chi connectivity index (χ2v) is 5.31. The fraction of sp³-hybridized carbons (Fsp3) is 0.235. The van der Waals surface area contributed by atoms with E-state index in [-0.39, 0.29) is 11.7 Å². The zero-order valence-corrected chi connectivity index (χ0v) is 11.6. The monoisotopic (exact) mass is 284 g/mol. The third kappa shape index (κ3) is 2.81. The summed E-state index contributed by atoms with van der Waals surface area (Å²) in [7, 11) is 0. The van der Waals surface area contributed by atoms with Crippen LogP contribution >= 0.6 is 0 Å². The third-order valence-electron chi connectivity index (χ3n) is 3.85. The van der Waals surface area contributed by atoms with Crippen molar-refractivity contribution in [3.63, 3.8) is 0 Å². The van der Waals surface area contributed by atoms with Gasteiger partial charge in [0.25, 0.3) is 5.91 Å². The number of fused-ring (bicyclic) bond motifs is 1. The highest BCUT2D eigenvalue weighted by atomic mass is 19.1. The molecule has 0 fully saturated rings. The van der Waals surface area contributed by atoms with Crippen LogP contribution in [0.4, 0.5) is 4.39 Å². The Morgan fingerprint density at radius 2 is 1.95 bits per heavy atom. The predicted octanol–water partition coefficient (Wildman–Crippen LogP) is 2.55. The molecule has 1 unspecified atom stereocenters. The molecule has 0 aromatic heterocycles. The fourth-order valence-corrected chi connectivity index (χ4v) is 2.69. The van der Waals surface area contributed by atoms with Gasteiger partial charge in [-0.05, 0) is 47.7 Å². The number of benzene rings is 2. The first kappa shape index (κ1) is 13.8. The van der Waals surface area contributed by atoms with Gasteiger partial charge in [0.15, 0.2) is 0 Å². The van der Waals surface area contributed by atoms with Gasteiger partial charge >= 0.3 is 0 Å². The molecule has 0 saturated carbocycles. The first-order valence-electron chi connectivity index (χ1n) is 7.07. The van der Waals surface area contributed by atoms with Crippen LogP contribution in [0.3, 0.4) is 0 Å². The Kier molecular flexibility index (Phi) is 3.71. The van der Waals surface area contributed by atoms with Crippen molar-refractivity contribution < 1.29 is 9.18 Å². The van der Waals surface area contributed by atoms with E-state index in [0.29, 0.717) is 17.7 Å². The summed E-state index contributed by atoms with van der Waals surface area (Å²) < 4.78 is 13.3. The normalized spacial score (nSPS) is 15.8. The molecule has 1 aliphatic heterocycles. The van der Waals surface area contributed by atoms with Gasteiger partial charge in [-0.2, -0.15) is 0 Å². The summed E-state index contributed by atoms with van der Waals surface area (Å²) in [6.45, 7) is 0.693. The van der Waals surface area contributed by atoms with Gasteiger partial charge in [-0.25, -0.2) is 4.39 Å². The van der Waals surface area contributed by atoms with Crippen LogP contribution in [0.25, 0.3) is 0 Å². The number of aryl methyl sites for hydroxylation is 1. The molecule has 3 N–H and O–H groups in total. The molecule has 1 heterocycles. The molecule has 3 rings (SSSR count). The van der Waals surface area contributed by atoms with Crippen molar-refractivity contribution in [3.8, 4) is 0 Å². The molecule has 1 aliphatic rings. The lowest BCUT2D eigenvalue weighted by molar-refractivity contribution is 0.0956. The summed E-state index contributed by atoms with van der Waals surface area (Å²) in [5.41, 5.74) is 9.44. The minimum absolute atomic E-state index is 0.0595. The van der Waals surface area contributed by atoms with Crippen LogP contribution in [0, 0.1) is 5.82 Å². The average molecular weight is 284 g/mol. The van der Waals surface area contributed by atoms with Crippen molar-refractivity contribution in [3.05, 3.63) is 70.5 Å². The minimum atomic E-state index is -0.443. The van der Waals surface area contributed by atoms with Crippen LogP contribution in [0.5, 0.6) is 0 Å². The molecule has 2 aromatic carbocycles. The molecule has 21 heavy (non-hydrogen) atoms. The Balaban J connectivity index is 1.98. The van der Waals surface area contributed by atoms with Crippen molar-refractivity contribution in [1.82, 2.24) is 5.32 Å². The van der Waals surface area contributed by atoms with E-state index in [2.05, 4.69) is 5.32 Å². The van der Waals surface area contributed by atoms with Crippen molar-refractivity contribution in [1.29, 1.82) is 0 Å². The second kappa shape index (κ2) is 5.66. The predicted molar refractivity (Wildman–Crippen MR) is 79.5 cm³/mol. The molecule has 4 heteroatoms. The van der Waals surface area contributed by atoms with E-state index >= 15 is 0 Å². The maximum absolute atomic E-state index is 13.3. The number of nitrogens with two attached hydrogens (primary N) is 1. The molecule has 0 radical (unpaired) electrons. The highest BCUT2D eigenvalue weighted by Gasteiger charge is 2.18. The molecule has 3 nitrogen and oxygen atoms in total. The molecule has 0 saturated heterocycles. The number of amides is 1. The lowest BCUT2D eigenvalue weighted by Crippen LogP contribution is -2.23. The lowest BCUT2D eigenvalue weighted by atomic mass is 9.94. The fourth-order valence-electron chi connectivity index (χ4n) is 2.69. The molecule has 0 spiro atoms. The summed E-state index contributed by atoms with van der Waals surface area (Å²) in [4.78, 5) is 12.1. The molecule has 2 aromatic rings. The minimum Gasteiger partial charge on any atom is -0.352 e. The Morgan fingerprint density at radius 1 is 1.14 bits per heavy atom. The molecular formula is C17H17FN2O. The van der Waals surface area contributed by atoms with Gasteiger partial charge in [0.1, 0.15) is 5.82 Å². The number of carbonyl (C=O) groups is 1. The number of hydrogen-bond donors (Lipinski definition) is 2. The van der Waals surface area contributed by atoms with Gasteiger partial charge in [0.05, 0.1) is 6.04 Å². The van der Waals surface area contributed by atoms with Crippen molar-refractivity contribution >= 4 is 5.91 Å². The summed E-state index contributed by atoms with van der Waals surface area (Å²) in [5.74, 6) is -0.369. The van der Waals surface area contributed by atoms with Gasteiger partial charge in [0, 0.05) is 12.1 Å². The SMILES string of the molecule is NC(c1cccc(F)c1)c1ccc2c(c1)C(=O)NCCC2. The first-order chi connectivity index (χ1) is 10.1. The largest absolute Gasteiger partial charge is 0.352 e. The van der Waals surface area contributed by atoms with Gasteiger partial charge in [-0.3, -0.25) is 4.79 Å². The van der Waals surface area contributed by atoms with E-state index in [1.165, 1.54) is 12.1 Å². The summed E-state index contributed by atoms with van der Waals surface area (Å²) in [6, 6.07) is 11.5. The maximum atomic E-state index is 13.3. The molecular weight excluding hydrogens is 267 g/mol. The van der Waals surface area contributed by atoms with Crippen LogP contribution < -0.4 is 11.1 Å². The van der Waals surface area contributed by atoms with E-state index in [9.17, 15) is 9.18 Å². The Labute approximate surface area is 123 Å². The smallest absolute Gasteiger partial charge is 0.251 e. The zero-order valence-electron chi connectivity index (χ0n) is 11.6. The van der Waals surface area contributed by atoms with Gasteiger partial charge < -0.3 is 11.1 Å². The van der Waals surface area contributed by atoms with Crippen LogP contribution in [-0.4, -0.2) is 12.5 Å². The van der Waals surface area contributed by atoms with E-state index in [1.54, 1.807) is 12.1 Å². The standard InChI is InChI=1S/C17H17FN2O/c18-14-5-1-3-12(9-14)16(19)13-7-6-11-4-2-8-20-17(21)15(11)10-13/h1,3,5-7,9-10,16H,2,4,8,19H2,(H,20,21). The Hall–Kier alpha value is -2.20. The van der Waals surface area contributed by atoms with Crippen molar-refractivity contribution in [2.24, 2.45) is 5.73 Å². The Bertz CT molecular complexity index is 684. The highest BCUT2D eigenvalue weighted by Crippen LogP contribution is 2.24. The number of hydrogen-bond acceptors (Lipinski definition) is 2. The van der Waals surface area contributed by atoms with Gasteiger partial charge in [-0.15, -0.1) is 0 Å². The third-order valence-corrected chi connectivity index (χ3v) is 3.85. The van der Waals surface area contributed by atoms with Crippen LogP contribution in [0.1, 0.15) is 39.5 Å². The topological polar surface area (TPSA) is 55.1 Å². The highest BCUT2D eigenvalue weighted by molar-refractivity contribution is 5.96. The molecule has 1 atom stereocenters. The second-order valence-electron chi connectivity index (χ2n) is 5.31. The van der Waals surface area contributed by atoms with Crippen molar-refractivity contribution in [2.75, 3.05) is 6.54 Å². The summed E-state index contributed by atoms with van der Waals surface area (Å²) in [5, 5.41) is 2.88. The first-order valence-corrected chi connectivity index (χ1v) is 7.07. The summed E-state index contributed by atoms with van der Waals surface area (Å²) >= 11 is 0. The maximum Gasteiger partial charge on any atom is 0.251 e. The van der Waals surface area contributed by atoms with Crippen molar-refractivity contribution in [2.45, 2.75) is 18.9 Å². The quantitative estimate of drug-likeness (QED) is 0.890. The number of rotatable bonds is 2. The van der Waals surface area contributed by atoms with Crippen LogP contribution in [0.2, 0.25) is 0 Å². The van der Waals surface area contributed by atoms with Gasteiger partial charge in [0.2, 0.25) is 0 Å². The lowest BCUT2D eigenvalue weighted by Gasteiger charge is -2.15. The van der Waals surface area contributed by atoms with E-state index in [0.717, 1.165) is 24.0 Å². The van der Waals surface area contributed by atoms with Crippen LogP contribution in [-0.2, 0) is 6.42 Å². The molecule has 108 valence electrons. The Morgan fingerprint density at radius 3 is 2.76 bits per heavy atom. The van der Waals surface area contributed by atoms with Crippen LogP contribution in [0.15, 0.2) is 42.5 Å². The van der Waals surface area contributed by atoms with Gasteiger partial charge in [-0.1, -0.05) is 24.3 Å². The number of halogens is 1. The number of carbonyl (C=O) groups excluding carboxylic acids is 1. The molecule has 1 amide bonds. The summed E-state index contributed by atoms with van der Waals surface area (Å²) in [6.07, 6.45) is 1.82. The average Bonchev–Trinajstić information content (AvgIpc) is 2.68. The van der Waals surface area contributed by atoms with E-state index in [4.69, 9.17) is 5.73 Å². The molecule has 0 aliphatic carbocycles. The zero-order chi connectivity index (χ0) is 14.8. The molecule has 0 bridgehead atoms. The van der Waals surface area contributed by atoms with E-state index in [1.807, 2.05) is 18.2 Å².